The van der Waals surface area contributed by atoms with Gasteiger partial charge < -0.3 is 19.0 Å². The molecule has 4 heterocycles. The number of amides is 1. The van der Waals surface area contributed by atoms with E-state index in [0.717, 1.165) is 48.9 Å². The van der Waals surface area contributed by atoms with Gasteiger partial charge in [-0.2, -0.15) is 13.2 Å². The predicted octanol–water partition coefficient (Wildman–Crippen LogP) is 3.16. The number of H-pyrrole nitrogens is 1. The van der Waals surface area contributed by atoms with Gasteiger partial charge in [-0.25, -0.2) is 22.5 Å². The number of carbonyl (C=O) groups excluding carboxylic acids is 1. The SMILES string of the molecule is CS(=O)(=O)NC(=O)c1c(-n2c(=O)[nH]c3cscc3c2=O)c2cc(C(F)(F)F)ccc2n1Cc1cccc(OCCN2CCOCC2)c1. The highest BCUT2D eigenvalue weighted by Crippen LogP contribution is 2.36. The standard InChI is InChI=1S/C30H28F3N5O7S2/c1-47(42,43)35-27(39)26-25(38-28(40)22-16-46-17-23(22)34-29(38)41)21-14-19(30(31,32)33)5-6-24(21)37(26)15-18-3-2-4-20(13-18)45-12-9-36-7-10-44-11-8-36/h2-6,13-14,16-17H,7-12,15H2,1H3,(H,34,41)(H,35,39). The van der Waals surface area contributed by atoms with Gasteiger partial charge in [0.15, 0.2) is 0 Å². The summed E-state index contributed by atoms with van der Waals surface area (Å²) in [5.74, 6) is -0.758. The number of aromatic amines is 1. The van der Waals surface area contributed by atoms with Crippen molar-refractivity contribution < 1.29 is 35.9 Å². The second-order valence-electron chi connectivity index (χ2n) is 10.9. The van der Waals surface area contributed by atoms with E-state index in [0.29, 0.717) is 42.2 Å². The fourth-order valence-corrected chi connectivity index (χ4v) is 6.72. The summed E-state index contributed by atoms with van der Waals surface area (Å²) in [5, 5.41) is 2.75. The number of ether oxygens (including phenoxy) is 2. The van der Waals surface area contributed by atoms with Crippen LogP contribution in [0.15, 0.2) is 62.8 Å². The number of sulfonamides is 1. The van der Waals surface area contributed by atoms with Crippen LogP contribution in [0.4, 0.5) is 13.2 Å². The molecule has 6 rings (SSSR count). The highest BCUT2D eigenvalue weighted by Gasteiger charge is 2.34. The Kier molecular flexibility index (Phi) is 8.73. The average molecular weight is 692 g/mol. The number of nitrogens with one attached hydrogen (secondary N) is 2. The second kappa shape index (κ2) is 12.6. The summed E-state index contributed by atoms with van der Waals surface area (Å²) in [4.78, 5) is 45.5. The third-order valence-corrected chi connectivity index (χ3v) is 8.94. The Labute approximate surface area is 269 Å². The molecule has 248 valence electrons. The quantitative estimate of drug-likeness (QED) is 0.240. The Balaban J connectivity index is 1.52. The zero-order chi connectivity index (χ0) is 33.5. The summed E-state index contributed by atoms with van der Waals surface area (Å²) in [6, 6.07) is 9.45. The van der Waals surface area contributed by atoms with Crippen LogP contribution in [0.5, 0.6) is 5.75 Å². The van der Waals surface area contributed by atoms with Gasteiger partial charge in [0.25, 0.3) is 11.5 Å². The van der Waals surface area contributed by atoms with Crippen molar-refractivity contribution in [3.63, 3.8) is 0 Å². The zero-order valence-electron chi connectivity index (χ0n) is 24.8. The van der Waals surface area contributed by atoms with Crippen molar-refractivity contribution in [3.8, 4) is 11.4 Å². The molecule has 0 unspecified atom stereocenters. The number of thiophene rings is 1. The number of morpholine rings is 1. The second-order valence-corrected chi connectivity index (χ2v) is 13.4. The molecule has 1 aliphatic rings. The molecular weight excluding hydrogens is 663 g/mol. The van der Waals surface area contributed by atoms with Crippen LogP contribution in [0.2, 0.25) is 0 Å². The molecule has 1 amide bonds. The van der Waals surface area contributed by atoms with Crippen molar-refractivity contribution >= 4 is 49.1 Å². The Bertz CT molecular complexity index is 2210. The normalized spacial score (nSPS) is 14.6. The summed E-state index contributed by atoms with van der Waals surface area (Å²) >= 11 is 1.11. The van der Waals surface area contributed by atoms with Gasteiger partial charge in [-0.3, -0.25) is 14.5 Å². The van der Waals surface area contributed by atoms with E-state index in [1.54, 1.807) is 24.3 Å². The van der Waals surface area contributed by atoms with Crippen molar-refractivity contribution in [1.29, 1.82) is 0 Å². The summed E-state index contributed by atoms with van der Waals surface area (Å²) in [6.07, 6.45) is -4.09. The van der Waals surface area contributed by atoms with E-state index in [9.17, 15) is 36.0 Å². The van der Waals surface area contributed by atoms with E-state index in [4.69, 9.17) is 9.47 Å². The molecule has 17 heteroatoms. The minimum Gasteiger partial charge on any atom is -0.492 e. The first-order valence-electron chi connectivity index (χ1n) is 14.3. The highest BCUT2D eigenvalue weighted by atomic mass is 32.2. The van der Waals surface area contributed by atoms with Gasteiger partial charge in [0.1, 0.15) is 18.1 Å². The molecule has 1 saturated heterocycles. The van der Waals surface area contributed by atoms with Crippen molar-refractivity contribution in [1.82, 2.24) is 23.7 Å². The molecule has 0 aliphatic carbocycles. The summed E-state index contributed by atoms with van der Waals surface area (Å²) < 4.78 is 81.3. The fraction of sp³-hybridized carbons (Fsp3) is 0.300. The monoisotopic (exact) mass is 691 g/mol. The Morgan fingerprint density at radius 1 is 1.09 bits per heavy atom. The number of nitrogens with zero attached hydrogens (tertiary/aromatic N) is 3. The highest BCUT2D eigenvalue weighted by molar-refractivity contribution is 7.89. The molecule has 12 nitrogen and oxygen atoms in total. The molecule has 5 aromatic rings. The lowest BCUT2D eigenvalue weighted by molar-refractivity contribution is -0.137. The molecule has 47 heavy (non-hydrogen) atoms. The number of hydrogen-bond donors (Lipinski definition) is 2. The first-order valence-corrected chi connectivity index (χ1v) is 17.1. The largest absolute Gasteiger partial charge is 0.492 e. The molecule has 0 bridgehead atoms. The van der Waals surface area contributed by atoms with E-state index in [2.05, 4.69) is 9.88 Å². The van der Waals surface area contributed by atoms with Crippen LogP contribution >= 0.6 is 11.3 Å². The van der Waals surface area contributed by atoms with E-state index in [-0.39, 0.29) is 28.4 Å². The van der Waals surface area contributed by atoms with Gasteiger partial charge in [-0.1, -0.05) is 12.1 Å². The van der Waals surface area contributed by atoms with E-state index < -0.39 is 50.3 Å². The van der Waals surface area contributed by atoms with Crippen LogP contribution in [0.25, 0.3) is 27.5 Å². The molecule has 1 aliphatic heterocycles. The van der Waals surface area contributed by atoms with Gasteiger partial charge in [-0.05, 0) is 35.9 Å². The van der Waals surface area contributed by atoms with Gasteiger partial charge in [0.05, 0.1) is 47.1 Å². The number of aromatic nitrogens is 3. The van der Waals surface area contributed by atoms with Crippen LogP contribution < -0.4 is 20.7 Å². The third kappa shape index (κ3) is 6.83. The predicted molar refractivity (Wildman–Crippen MR) is 169 cm³/mol. The fourth-order valence-electron chi connectivity index (χ4n) is 5.53. The summed E-state index contributed by atoms with van der Waals surface area (Å²) in [7, 11) is -4.20. The Morgan fingerprint density at radius 2 is 1.85 bits per heavy atom. The average Bonchev–Trinajstić information content (AvgIpc) is 3.59. The van der Waals surface area contributed by atoms with Gasteiger partial charge in [-0.15, -0.1) is 11.3 Å². The Morgan fingerprint density at radius 3 is 2.57 bits per heavy atom. The van der Waals surface area contributed by atoms with Gasteiger partial charge in [0, 0.05) is 42.3 Å². The molecule has 1 fully saturated rings. The molecule has 2 aromatic carbocycles. The maximum atomic E-state index is 14.0. The van der Waals surface area contributed by atoms with Crippen molar-refractivity contribution in [2.24, 2.45) is 0 Å². The number of rotatable bonds is 9. The molecule has 0 saturated carbocycles. The summed E-state index contributed by atoms with van der Waals surface area (Å²) in [5.41, 5.74) is -3.24. The minimum atomic E-state index is -4.82. The molecule has 0 spiro atoms. The van der Waals surface area contributed by atoms with Crippen LogP contribution in [0.3, 0.4) is 0 Å². The van der Waals surface area contributed by atoms with Gasteiger partial charge in [0.2, 0.25) is 10.0 Å². The molecule has 2 N–H and O–H groups in total. The maximum absolute atomic E-state index is 14.0. The van der Waals surface area contributed by atoms with E-state index in [1.165, 1.54) is 15.3 Å². The minimum absolute atomic E-state index is 0.0435. The maximum Gasteiger partial charge on any atom is 0.416 e. The lowest BCUT2D eigenvalue weighted by Crippen LogP contribution is -2.38. The number of fused-ring (bicyclic) bond motifs is 2. The van der Waals surface area contributed by atoms with E-state index in [1.807, 2.05) is 4.72 Å². The first-order chi connectivity index (χ1) is 22.3. The third-order valence-electron chi connectivity index (χ3n) is 7.64. The van der Waals surface area contributed by atoms with Crippen LogP contribution in [-0.4, -0.2) is 79.1 Å². The zero-order valence-corrected chi connectivity index (χ0v) is 26.4. The number of benzene rings is 2. The molecule has 0 atom stereocenters. The number of hydrogen-bond acceptors (Lipinski definition) is 9. The lowest BCUT2D eigenvalue weighted by atomic mass is 10.1. The number of alkyl halides is 3. The number of halogens is 3. The molecule has 0 radical (unpaired) electrons. The van der Waals surface area contributed by atoms with E-state index >= 15 is 0 Å². The molecule has 3 aromatic heterocycles. The Hall–Kier alpha value is -4.45. The lowest BCUT2D eigenvalue weighted by Gasteiger charge is -2.26. The van der Waals surface area contributed by atoms with Gasteiger partial charge >= 0.3 is 11.9 Å². The topological polar surface area (TPSA) is 145 Å². The smallest absolute Gasteiger partial charge is 0.416 e. The molecular formula is C30H28F3N5O7S2. The summed E-state index contributed by atoms with van der Waals surface area (Å²) in [6.45, 7) is 3.72. The van der Waals surface area contributed by atoms with Crippen molar-refractivity contribution in [2.75, 3.05) is 45.7 Å². The first kappa shape index (κ1) is 32.5. The van der Waals surface area contributed by atoms with Crippen LogP contribution in [0.1, 0.15) is 21.6 Å². The van der Waals surface area contributed by atoms with Crippen LogP contribution in [0, 0.1) is 0 Å². The van der Waals surface area contributed by atoms with Crippen molar-refractivity contribution in [2.45, 2.75) is 12.7 Å². The van der Waals surface area contributed by atoms with Crippen molar-refractivity contribution in [3.05, 3.63) is 90.9 Å². The number of carbonyl (C=O) groups is 1. The van der Waals surface area contributed by atoms with Crippen LogP contribution in [-0.2, 0) is 27.5 Å².